The predicted molar refractivity (Wildman–Crippen MR) is 184 cm³/mol. The van der Waals surface area contributed by atoms with Gasteiger partial charge in [0.05, 0.1) is 31.9 Å². The lowest BCUT2D eigenvalue weighted by Gasteiger charge is -2.03. The molecule has 50 heavy (non-hydrogen) atoms. The number of benzene rings is 4. The number of carbonyl (C=O) groups is 7. The Balaban J connectivity index is 0.000000263. The van der Waals surface area contributed by atoms with E-state index < -0.39 is 24.0 Å². The van der Waals surface area contributed by atoms with E-state index in [-0.39, 0.29) is 58.8 Å². The summed E-state index contributed by atoms with van der Waals surface area (Å²) in [5.41, 5.74) is 2.22. The molecule has 4 aromatic rings. The summed E-state index contributed by atoms with van der Waals surface area (Å²) in [5.74, 6) is -3.27. The minimum Gasteiger partial charge on any atom is -0.508 e. The molecule has 0 atom stereocenters. The molecule has 0 heterocycles. The summed E-state index contributed by atoms with van der Waals surface area (Å²) in [6.45, 7) is 3.55. The van der Waals surface area contributed by atoms with Gasteiger partial charge in [0.25, 0.3) is 0 Å². The summed E-state index contributed by atoms with van der Waals surface area (Å²) in [6, 6.07) is 22.4. The number of methoxy groups -OCH3 is 1. The van der Waals surface area contributed by atoms with Gasteiger partial charge in [-0.3, -0.25) is 28.8 Å². The number of ketones is 6. The van der Waals surface area contributed by atoms with E-state index in [1.807, 2.05) is 6.92 Å². The Bertz CT molecular complexity index is 1790. The molecule has 0 saturated heterocycles. The zero-order chi connectivity index (χ0) is 37.4. The second-order valence-corrected chi connectivity index (χ2v) is 11.1. The summed E-state index contributed by atoms with van der Waals surface area (Å²) in [5, 5.41) is 28.2. The van der Waals surface area contributed by atoms with Crippen LogP contribution in [0.3, 0.4) is 0 Å². The highest BCUT2D eigenvalue weighted by Crippen LogP contribution is 2.20. The highest BCUT2D eigenvalue weighted by atomic mass is 35.5. The Morgan fingerprint density at radius 2 is 1.04 bits per heavy atom. The second kappa shape index (κ2) is 19.8. The van der Waals surface area contributed by atoms with Gasteiger partial charge in [-0.25, -0.2) is 4.79 Å². The maximum Gasteiger partial charge on any atom is 0.374 e. The molecule has 0 aliphatic carbocycles. The Labute approximate surface area is 293 Å². The van der Waals surface area contributed by atoms with E-state index in [4.69, 9.17) is 21.8 Å². The molecule has 4 aromatic carbocycles. The first-order valence-electron chi connectivity index (χ1n) is 15.0. The van der Waals surface area contributed by atoms with Crippen LogP contribution in [0, 0.1) is 6.92 Å². The maximum absolute atomic E-state index is 11.9. The van der Waals surface area contributed by atoms with Crippen molar-refractivity contribution < 1.29 is 53.6 Å². The number of phenols is 3. The Morgan fingerprint density at radius 3 is 1.48 bits per heavy atom. The molecule has 0 aliphatic heterocycles. The number of carbonyl (C=O) groups excluding carboxylic acids is 7. The van der Waals surface area contributed by atoms with Crippen molar-refractivity contribution in [1.82, 2.24) is 0 Å². The van der Waals surface area contributed by atoms with Crippen molar-refractivity contribution in [2.45, 2.75) is 39.5 Å². The topological polar surface area (TPSA) is 189 Å². The van der Waals surface area contributed by atoms with Crippen LogP contribution in [0.5, 0.6) is 17.2 Å². The van der Waals surface area contributed by atoms with Gasteiger partial charge in [-0.05, 0) is 91.9 Å². The first-order chi connectivity index (χ1) is 23.6. The highest BCUT2D eigenvalue weighted by molar-refractivity contribution is 6.38. The average Bonchev–Trinajstić information content (AvgIpc) is 3.10. The molecule has 4 rings (SSSR count). The van der Waals surface area contributed by atoms with Gasteiger partial charge in [0.2, 0.25) is 5.78 Å². The molecule has 0 bridgehead atoms. The van der Waals surface area contributed by atoms with Crippen molar-refractivity contribution in [1.29, 1.82) is 0 Å². The molecule has 260 valence electrons. The monoisotopic (exact) mass is 702 g/mol. The summed E-state index contributed by atoms with van der Waals surface area (Å²) in [4.78, 5) is 79.8. The number of hydrogen-bond acceptors (Lipinski definition) is 11. The van der Waals surface area contributed by atoms with Crippen LogP contribution in [0.25, 0.3) is 0 Å². The van der Waals surface area contributed by atoms with Crippen molar-refractivity contribution in [3.8, 4) is 17.2 Å². The van der Waals surface area contributed by atoms with Crippen LogP contribution < -0.4 is 0 Å². The maximum atomic E-state index is 11.9. The van der Waals surface area contributed by atoms with E-state index in [2.05, 4.69) is 4.74 Å². The van der Waals surface area contributed by atoms with Gasteiger partial charge in [0.1, 0.15) is 23.0 Å². The van der Waals surface area contributed by atoms with Gasteiger partial charge < -0.3 is 20.1 Å². The van der Waals surface area contributed by atoms with Crippen molar-refractivity contribution >= 4 is 52.3 Å². The summed E-state index contributed by atoms with van der Waals surface area (Å²) < 4.78 is 4.21. The number of phenolic OH excluding ortho intramolecular Hbond substituents is 3. The molecule has 0 aromatic heterocycles. The lowest BCUT2D eigenvalue weighted by Crippen LogP contribution is -2.19. The molecule has 0 amide bonds. The van der Waals surface area contributed by atoms with Crippen molar-refractivity contribution in [2.75, 3.05) is 7.11 Å². The quantitative estimate of drug-likeness (QED) is 0.0636. The molecule has 0 saturated carbocycles. The minimum absolute atomic E-state index is 0.0606. The third kappa shape index (κ3) is 13.3. The van der Waals surface area contributed by atoms with Crippen LogP contribution >= 0.6 is 11.6 Å². The third-order valence-electron chi connectivity index (χ3n) is 6.80. The number of hydrogen-bond donors (Lipinski definition) is 3. The van der Waals surface area contributed by atoms with Gasteiger partial charge in [-0.15, -0.1) is 0 Å². The standard InChI is InChI=1S/C15H12O4.C12H14O3.C11H9ClO4/c16-12-5-1-10(2-6-12)14(18)9-15(19)11-3-7-13(17)8-4-11;1-3-9(13)7-12(15)10-6-8(2)4-5-11(10)14;1-16-11(15)10(14)6-9(13)7-2-4-8(12)5-3-7/h1-8,16-17H,9H2;4-6,14H,3,7H2,1-2H3;2-5H,6H2,1H3. The summed E-state index contributed by atoms with van der Waals surface area (Å²) >= 11 is 5.64. The Kier molecular flexibility index (Phi) is 15.9. The van der Waals surface area contributed by atoms with E-state index >= 15 is 0 Å². The summed E-state index contributed by atoms with van der Waals surface area (Å²) in [6.07, 6.45) is -0.518. The lowest BCUT2D eigenvalue weighted by atomic mass is 10.0. The molecule has 0 fully saturated rings. The number of aromatic hydroxyl groups is 3. The van der Waals surface area contributed by atoms with E-state index in [1.165, 1.54) is 78.9 Å². The van der Waals surface area contributed by atoms with E-state index in [0.717, 1.165) is 12.7 Å². The van der Waals surface area contributed by atoms with E-state index in [0.29, 0.717) is 28.1 Å². The van der Waals surface area contributed by atoms with Crippen LogP contribution in [0.4, 0.5) is 0 Å². The van der Waals surface area contributed by atoms with Gasteiger partial charge in [0.15, 0.2) is 23.1 Å². The van der Waals surface area contributed by atoms with Gasteiger partial charge in [-0.1, -0.05) is 30.2 Å². The zero-order valence-electron chi connectivity index (χ0n) is 27.5. The molecule has 12 heteroatoms. The Morgan fingerprint density at radius 1 is 0.600 bits per heavy atom. The largest absolute Gasteiger partial charge is 0.508 e. The van der Waals surface area contributed by atoms with Crippen molar-refractivity contribution in [3.05, 3.63) is 124 Å². The molecule has 0 aliphatic rings. The first-order valence-corrected chi connectivity index (χ1v) is 15.4. The predicted octanol–water partition coefficient (Wildman–Crippen LogP) is 6.46. The van der Waals surface area contributed by atoms with E-state index in [1.54, 1.807) is 19.1 Å². The van der Waals surface area contributed by atoms with Crippen LogP contribution in [0.1, 0.15) is 79.6 Å². The molecular weight excluding hydrogens is 668 g/mol. The zero-order valence-corrected chi connectivity index (χ0v) is 28.2. The first kappa shape index (κ1) is 40.2. The number of halogens is 1. The summed E-state index contributed by atoms with van der Waals surface area (Å²) in [7, 11) is 1.09. The van der Waals surface area contributed by atoms with Gasteiger partial charge in [-0.2, -0.15) is 0 Å². The van der Waals surface area contributed by atoms with Crippen LogP contribution in [0.2, 0.25) is 5.02 Å². The average molecular weight is 703 g/mol. The fourth-order valence-electron chi connectivity index (χ4n) is 3.99. The molecule has 3 N–H and O–H groups in total. The minimum atomic E-state index is -1.01. The van der Waals surface area contributed by atoms with Crippen molar-refractivity contribution in [2.24, 2.45) is 0 Å². The van der Waals surface area contributed by atoms with Gasteiger partial charge in [0, 0.05) is 28.1 Å². The van der Waals surface area contributed by atoms with Crippen LogP contribution in [-0.2, 0) is 19.1 Å². The number of Topliss-reactive ketones (excluding diaryl/α,β-unsaturated/α-hetero) is 6. The van der Waals surface area contributed by atoms with Gasteiger partial charge >= 0.3 is 5.97 Å². The fourth-order valence-corrected chi connectivity index (χ4v) is 4.11. The number of aryl methyl sites for hydroxylation is 1. The van der Waals surface area contributed by atoms with E-state index in [9.17, 15) is 38.7 Å². The lowest BCUT2D eigenvalue weighted by molar-refractivity contribution is -0.151. The number of esters is 1. The molecule has 0 unspecified atom stereocenters. The normalized spacial score (nSPS) is 9.92. The fraction of sp³-hybridized carbons (Fsp3) is 0.184. The SMILES string of the molecule is CCC(=O)CC(=O)c1cc(C)ccc1O.COC(=O)C(=O)CC(=O)c1ccc(Cl)cc1.O=C(CC(=O)c1ccc(O)cc1)c1ccc(O)cc1. The van der Waals surface area contributed by atoms with Crippen LogP contribution in [0.15, 0.2) is 91.0 Å². The van der Waals surface area contributed by atoms with Crippen molar-refractivity contribution in [3.63, 3.8) is 0 Å². The molecular formula is C38H35ClO11. The highest BCUT2D eigenvalue weighted by Gasteiger charge is 2.19. The van der Waals surface area contributed by atoms with Crippen LogP contribution in [-0.4, -0.2) is 63.1 Å². The molecule has 11 nitrogen and oxygen atoms in total. The second-order valence-electron chi connectivity index (χ2n) is 10.7. The Hall–Kier alpha value is -5.94. The molecule has 0 spiro atoms. The number of ether oxygens (including phenoxy) is 1. The number of rotatable bonds is 12. The smallest absolute Gasteiger partial charge is 0.374 e. The molecule has 0 radical (unpaired) electrons. The third-order valence-corrected chi connectivity index (χ3v) is 7.06.